The molecule has 9 nitrogen and oxygen atoms in total. The molecule has 49 heavy (non-hydrogen) atoms. The molecule has 0 saturated heterocycles. The summed E-state index contributed by atoms with van der Waals surface area (Å²) in [5.74, 6) is -0.563. The number of rotatable bonds is 40. The molecule has 0 aromatic rings. The van der Waals surface area contributed by atoms with Crippen LogP contribution in [0.15, 0.2) is 0 Å². The molecule has 0 fully saturated rings. The summed E-state index contributed by atoms with van der Waals surface area (Å²) in [5, 5.41) is 0. The molecule has 1 atom stereocenters. The molecule has 292 valence electrons. The fraction of sp³-hybridized carbons (Fsp3) is 0.949. The lowest BCUT2D eigenvalue weighted by Crippen LogP contribution is -2.28. The second kappa shape index (κ2) is 39.9. The van der Waals surface area contributed by atoms with Crippen molar-refractivity contribution in [3.8, 4) is 0 Å². The number of hydrogen-bond acceptors (Lipinski definition) is 9. The van der Waals surface area contributed by atoms with E-state index in [1.54, 1.807) is 0 Å². The van der Waals surface area contributed by atoms with Gasteiger partial charge in [0.25, 0.3) is 0 Å². The van der Waals surface area contributed by atoms with Crippen molar-refractivity contribution in [3.63, 3.8) is 0 Å². The number of nitrogens with two attached hydrogens (primary N) is 1. The maximum Gasteiger partial charge on any atom is 0.363 e. The quantitative estimate of drug-likeness (QED) is 0.0217. The van der Waals surface area contributed by atoms with E-state index in [4.69, 9.17) is 33.8 Å². The highest BCUT2D eigenvalue weighted by Crippen LogP contribution is 2.41. The molecule has 0 bridgehead atoms. The van der Waals surface area contributed by atoms with Crippen LogP contribution < -0.4 is 5.73 Å². The smallest absolute Gasteiger partial charge is 0.363 e. The van der Waals surface area contributed by atoms with Gasteiger partial charge < -0.3 is 24.3 Å². The van der Waals surface area contributed by atoms with Gasteiger partial charge in [0.15, 0.2) is 0 Å². The second-order valence-corrected chi connectivity index (χ2v) is 14.6. The lowest BCUT2D eigenvalue weighted by Gasteiger charge is -2.22. The van der Waals surface area contributed by atoms with Gasteiger partial charge in [-0.3, -0.25) is 9.59 Å². The highest BCUT2D eigenvalue weighted by Gasteiger charge is 2.24. The fourth-order valence-electron chi connectivity index (χ4n) is 5.67. The average Bonchev–Trinajstić information content (AvgIpc) is 3.10. The Morgan fingerprint density at radius 1 is 0.531 bits per heavy atom. The van der Waals surface area contributed by atoms with Gasteiger partial charge in [0, 0.05) is 12.8 Å². The Hall–Kier alpha value is -0.830. The molecule has 0 heterocycles. The van der Waals surface area contributed by atoms with Crippen molar-refractivity contribution >= 4 is 20.5 Å². The summed E-state index contributed by atoms with van der Waals surface area (Å²) >= 11 is 0. The second-order valence-electron chi connectivity index (χ2n) is 13.5. The molecule has 0 aliphatic heterocycles. The van der Waals surface area contributed by atoms with Gasteiger partial charge in [0.05, 0.1) is 13.7 Å². The Labute approximate surface area is 303 Å². The minimum Gasteiger partial charge on any atom is -0.463 e. The molecular weight excluding hydrogens is 641 g/mol. The topological polar surface area (TPSA) is 116 Å². The van der Waals surface area contributed by atoms with E-state index in [0.29, 0.717) is 32.4 Å². The van der Waals surface area contributed by atoms with E-state index in [-0.39, 0.29) is 25.2 Å². The maximum atomic E-state index is 12.5. The van der Waals surface area contributed by atoms with Gasteiger partial charge >= 0.3 is 20.5 Å². The van der Waals surface area contributed by atoms with Crippen molar-refractivity contribution in [2.24, 2.45) is 5.73 Å². The van der Waals surface area contributed by atoms with Crippen molar-refractivity contribution in [1.82, 2.24) is 0 Å². The zero-order chi connectivity index (χ0) is 35.9. The van der Waals surface area contributed by atoms with E-state index >= 15 is 0 Å². The lowest BCUT2D eigenvalue weighted by atomic mass is 10.0. The highest BCUT2D eigenvalue weighted by molar-refractivity contribution is 7.41. The van der Waals surface area contributed by atoms with Gasteiger partial charge in [-0.15, -0.1) is 0 Å². The molecule has 0 aliphatic rings. The summed E-state index contributed by atoms with van der Waals surface area (Å²) in [6.07, 6.45) is 33.2. The molecule has 2 N–H and O–H groups in total. The van der Waals surface area contributed by atoms with Crippen LogP contribution in [-0.4, -0.2) is 51.5 Å². The molecule has 1 unspecified atom stereocenters. The number of unbranched alkanes of at least 4 members (excludes halogenated alkanes) is 24. The Bertz CT molecular complexity index is 656. The third-order valence-corrected chi connectivity index (χ3v) is 9.88. The number of carbonyl (C=O) groups excluding carboxylic acids is 2. The van der Waals surface area contributed by atoms with E-state index in [2.05, 4.69) is 13.8 Å². The van der Waals surface area contributed by atoms with E-state index in [1.165, 1.54) is 136 Å². The van der Waals surface area contributed by atoms with Crippen LogP contribution in [0, 0.1) is 0 Å². The van der Waals surface area contributed by atoms with Gasteiger partial charge in [-0.05, 0) is 25.8 Å². The van der Waals surface area contributed by atoms with Crippen molar-refractivity contribution in [1.29, 1.82) is 0 Å². The summed E-state index contributed by atoms with van der Waals surface area (Å²) in [4.78, 5) is 29.7. The first-order valence-electron chi connectivity index (χ1n) is 20.4. The summed E-state index contributed by atoms with van der Waals surface area (Å²) < 4.78 is 27.7. The molecule has 0 aromatic carbocycles. The summed E-state index contributed by atoms with van der Waals surface area (Å²) in [5.41, 5.74) is 5.57. The molecule has 10 heteroatoms. The highest BCUT2D eigenvalue weighted by atomic mass is 31.2. The summed E-state index contributed by atoms with van der Waals surface area (Å²) in [6.45, 7) is 5.19. The van der Waals surface area contributed by atoms with Crippen molar-refractivity contribution in [2.75, 3.05) is 33.5 Å². The minimum atomic E-state index is -1.89. The fourth-order valence-corrected chi connectivity index (χ4v) is 6.58. The Morgan fingerprint density at radius 3 is 1.20 bits per heavy atom. The predicted octanol–water partition coefficient (Wildman–Crippen LogP) is 11.6. The first-order chi connectivity index (χ1) is 24.1. The van der Waals surface area contributed by atoms with Crippen LogP contribution in [0.3, 0.4) is 0 Å². The summed E-state index contributed by atoms with van der Waals surface area (Å²) in [6, 6.07) is 0. The Morgan fingerprint density at radius 2 is 0.878 bits per heavy atom. The van der Waals surface area contributed by atoms with Crippen LogP contribution in [0.2, 0.25) is 0 Å². The van der Waals surface area contributed by atoms with Crippen molar-refractivity contribution in [3.05, 3.63) is 0 Å². The first-order valence-corrected chi connectivity index (χ1v) is 21.5. The molecular formula is C39H78NO8P. The number of carbonyl (C=O) groups is 2. The normalized spacial score (nSPS) is 12.1. The molecule has 0 amide bonds. The molecule has 0 aromatic heterocycles. The Balaban J connectivity index is 4.25. The maximum absolute atomic E-state index is 12.5. The third-order valence-electron chi connectivity index (χ3n) is 8.75. The molecule has 0 spiro atoms. The van der Waals surface area contributed by atoms with E-state index in [0.717, 1.165) is 38.5 Å². The first kappa shape index (κ1) is 48.2. The van der Waals surface area contributed by atoms with Gasteiger partial charge in [-0.2, -0.15) is 4.67 Å². The Kier molecular flexibility index (Phi) is 39.3. The number of ether oxygens (including phenoxy) is 2. The van der Waals surface area contributed by atoms with Gasteiger partial charge in [0.1, 0.15) is 19.3 Å². The zero-order valence-corrected chi connectivity index (χ0v) is 33.1. The average molecular weight is 720 g/mol. The van der Waals surface area contributed by atoms with Crippen LogP contribution in [0.25, 0.3) is 0 Å². The standard InChI is InChI=1S/C39H78NO8P/c1-4-6-8-10-12-14-16-18-20-22-24-26-28-31-38(41)44-35-37(47-49(48-43-3)46-34-30-33-40)36-45-39(42)32-29-27-25-23-21-19-17-15-13-11-9-7-5-2/h37H,4-36,40H2,1-3H3. The van der Waals surface area contributed by atoms with E-state index in [1.807, 2.05) is 0 Å². The van der Waals surface area contributed by atoms with Gasteiger partial charge in [0.2, 0.25) is 0 Å². The molecule has 0 saturated carbocycles. The van der Waals surface area contributed by atoms with Crippen LogP contribution in [-0.2, 0) is 37.7 Å². The zero-order valence-electron chi connectivity index (χ0n) is 32.2. The number of esters is 2. The molecule has 0 rings (SSSR count). The largest absolute Gasteiger partial charge is 0.463 e. The number of hydrogen-bond donors (Lipinski definition) is 1. The third kappa shape index (κ3) is 36.8. The lowest BCUT2D eigenvalue weighted by molar-refractivity contribution is -0.195. The van der Waals surface area contributed by atoms with Crippen LogP contribution in [0.5, 0.6) is 0 Å². The van der Waals surface area contributed by atoms with E-state index in [9.17, 15) is 9.59 Å². The van der Waals surface area contributed by atoms with Gasteiger partial charge in [-0.1, -0.05) is 168 Å². The predicted molar refractivity (Wildman–Crippen MR) is 202 cm³/mol. The van der Waals surface area contributed by atoms with E-state index < -0.39 is 14.7 Å². The summed E-state index contributed by atoms with van der Waals surface area (Å²) in [7, 11) is -0.523. The van der Waals surface area contributed by atoms with Crippen molar-refractivity contribution in [2.45, 2.75) is 206 Å². The van der Waals surface area contributed by atoms with Crippen LogP contribution >= 0.6 is 8.60 Å². The van der Waals surface area contributed by atoms with Gasteiger partial charge in [-0.25, -0.2) is 4.89 Å². The van der Waals surface area contributed by atoms with Crippen LogP contribution in [0.1, 0.15) is 200 Å². The molecule has 0 aliphatic carbocycles. The minimum absolute atomic E-state index is 0.0601. The van der Waals surface area contributed by atoms with Crippen LogP contribution in [0.4, 0.5) is 0 Å². The van der Waals surface area contributed by atoms with Crippen molar-refractivity contribution < 1.29 is 37.7 Å². The monoisotopic (exact) mass is 720 g/mol. The SMILES string of the molecule is CCCCCCCCCCCCCCCC(=O)OCC(COC(=O)CCCCCCCCCCCCCCC)OP(OCCCN)OOC. The molecule has 0 radical (unpaired) electrons.